The summed E-state index contributed by atoms with van der Waals surface area (Å²) >= 11 is 0. The van der Waals surface area contributed by atoms with Gasteiger partial charge in [0.15, 0.2) is 0 Å². The molecule has 2 rings (SSSR count). The van der Waals surface area contributed by atoms with Gasteiger partial charge in [0.2, 0.25) is 5.91 Å². The van der Waals surface area contributed by atoms with Crippen LogP contribution in [0.25, 0.3) is 0 Å². The van der Waals surface area contributed by atoms with E-state index in [1.807, 2.05) is 6.92 Å². The summed E-state index contributed by atoms with van der Waals surface area (Å²) in [4.78, 5) is 11.7. The number of hydrogen-bond donors (Lipinski definition) is 1. The topological polar surface area (TPSA) is 81.7 Å². The monoisotopic (exact) mass is 299 g/mol. The number of methoxy groups -OCH3 is 2. The molecule has 110 valence electrons. The highest BCUT2D eigenvalue weighted by Gasteiger charge is 2.41. The van der Waals surface area contributed by atoms with E-state index in [2.05, 4.69) is 4.72 Å². The zero-order chi connectivity index (χ0) is 14.9. The van der Waals surface area contributed by atoms with Gasteiger partial charge in [0.1, 0.15) is 16.4 Å². The Hall–Kier alpha value is -1.76. The van der Waals surface area contributed by atoms with Gasteiger partial charge in [-0.15, -0.1) is 0 Å². The van der Waals surface area contributed by atoms with E-state index in [9.17, 15) is 13.2 Å². The summed E-state index contributed by atoms with van der Waals surface area (Å²) in [6.07, 6.45) is 0.719. The van der Waals surface area contributed by atoms with Crippen LogP contribution in [0.3, 0.4) is 0 Å². The first-order chi connectivity index (χ1) is 9.39. The van der Waals surface area contributed by atoms with E-state index in [0.29, 0.717) is 5.75 Å². The van der Waals surface area contributed by atoms with Gasteiger partial charge in [-0.25, -0.2) is 13.1 Å². The van der Waals surface area contributed by atoms with E-state index in [0.717, 1.165) is 6.42 Å². The van der Waals surface area contributed by atoms with Crippen molar-refractivity contribution in [3.63, 3.8) is 0 Å². The number of hydrogen-bond acceptors (Lipinski definition) is 5. The minimum Gasteiger partial charge on any atom is -0.497 e. The SMILES string of the molecule is COc1ccc(OC)c(S(=O)(=O)NC(=O)[C@@H]2C[C@@H]2C)c1. The summed E-state index contributed by atoms with van der Waals surface area (Å²) in [5, 5.41) is 0. The van der Waals surface area contributed by atoms with Gasteiger partial charge in [-0.3, -0.25) is 4.79 Å². The Morgan fingerprint density at radius 2 is 1.95 bits per heavy atom. The van der Waals surface area contributed by atoms with Crippen molar-refractivity contribution < 1.29 is 22.7 Å². The molecule has 1 fully saturated rings. The third-order valence-corrected chi connectivity index (χ3v) is 4.71. The zero-order valence-corrected chi connectivity index (χ0v) is 12.4. The molecule has 1 amide bonds. The Morgan fingerprint density at radius 3 is 2.45 bits per heavy atom. The highest BCUT2D eigenvalue weighted by atomic mass is 32.2. The van der Waals surface area contributed by atoms with Crippen LogP contribution in [0.5, 0.6) is 11.5 Å². The van der Waals surface area contributed by atoms with E-state index < -0.39 is 15.9 Å². The average molecular weight is 299 g/mol. The van der Waals surface area contributed by atoms with Crippen LogP contribution < -0.4 is 14.2 Å². The van der Waals surface area contributed by atoms with Crippen LogP contribution in [0, 0.1) is 11.8 Å². The summed E-state index contributed by atoms with van der Waals surface area (Å²) in [5.41, 5.74) is 0. The highest BCUT2D eigenvalue weighted by molar-refractivity contribution is 7.90. The number of benzene rings is 1. The van der Waals surface area contributed by atoms with Crippen molar-refractivity contribution in [2.24, 2.45) is 11.8 Å². The van der Waals surface area contributed by atoms with E-state index in [1.165, 1.54) is 26.4 Å². The van der Waals surface area contributed by atoms with E-state index in [4.69, 9.17) is 9.47 Å². The maximum atomic E-state index is 12.3. The van der Waals surface area contributed by atoms with Crippen LogP contribution in [0.4, 0.5) is 0 Å². The number of rotatable bonds is 5. The second kappa shape index (κ2) is 5.32. The zero-order valence-electron chi connectivity index (χ0n) is 11.5. The molecule has 1 aliphatic rings. The van der Waals surface area contributed by atoms with Gasteiger partial charge < -0.3 is 9.47 Å². The van der Waals surface area contributed by atoms with Crippen LogP contribution in [-0.2, 0) is 14.8 Å². The van der Waals surface area contributed by atoms with Gasteiger partial charge in [0.05, 0.1) is 14.2 Å². The van der Waals surface area contributed by atoms with Gasteiger partial charge in [0, 0.05) is 12.0 Å². The van der Waals surface area contributed by atoms with Crippen LogP contribution in [0.15, 0.2) is 23.1 Å². The Balaban J connectivity index is 2.30. The highest BCUT2D eigenvalue weighted by Crippen LogP contribution is 2.38. The Morgan fingerprint density at radius 1 is 1.30 bits per heavy atom. The molecular weight excluding hydrogens is 282 g/mol. The molecule has 6 nitrogen and oxygen atoms in total. The third kappa shape index (κ3) is 2.87. The van der Waals surface area contributed by atoms with Gasteiger partial charge in [0.25, 0.3) is 10.0 Å². The molecule has 1 aliphatic carbocycles. The van der Waals surface area contributed by atoms with E-state index in [-0.39, 0.29) is 22.5 Å². The van der Waals surface area contributed by atoms with Crippen LogP contribution in [-0.4, -0.2) is 28.5 Å². The molecule has 0 spiro atoms. The van der Waals surface area contributed by atoms with Crippen LogP contribution in [0.1, 0.15) is 13.3 Å². The van der Waals surface area contributed by atoms with Gasteiger partial charge >= 0.3 is 0 Å². The van der Waals surface area contributed by atoms with Gasteiger partial charge in [-0.05, 0) is 24.5 Å². The Kier molecular flexibility index (Phi) is 3.89. The molecule has 1 N–H and O–H groups in total. The normalized spacial score (nSPS) is 21.1. The van der Waals surface area contributed by atoms with Crippen molar-refractivity contribution >= 4 is 15.9 Å². The molecule has 0 heterocycles. The summed E-state index contributed by atoms with van der Waals surface area (Å²) in [5.74, 6) is 0.0783. The second-order valence-corrected chi connectivity index (χ2v) is 6.46. The van der Waals surface area contributed by atoms with Crippen molar-refractivity contribution in [2.75, 3.05) is 14.2 Å². The van der Waals surface area contributed by atoms with E-state index >= 15 is 0 Å². The standard InChI is InChI=1S/C13H17NO5S/c1-8-6-10(8)13(15)14-20(16,17)12-7-9(18-2)4-5-11(12)19-3/h4-5,7-8,10H,6H2,1-3H3,(H,14,15)/t8-,10+/m0/s1. The summed E-state index contributed by atoms with van der Waals surface area (Å²) in [6.45, 7) is 1.91. The van der Waals surface area contributed by atoms with E-state index in [1.54, 1.807) is 6.07 Å². The summed E-state index contributed by atoms with van der Waals surface area (Å²) < 4.78 is 36.6. The summed E-state index contributed by atoms with van der Waals surface area (Å²) in [6, 6.07) is 4.39. The van der Waals surface area contributed by atoms with Crippen molar-refractivity contribution in [3.05, 3.63) is 18.2 Å². The lowest BCUT2D eigenvalue weighted by Gasteiger charge is -2.12. The van der Waals surface area contributed by atoms with Crippen molar-refractivity contribution in [1.29, 1.82) is 0 Å². The quantitative estimate of drug-likeness (QED) is 0.882. The minimum atomic E-state index is -3.97. The predicted molar refractivity (Wildman–Crippen MR) is 72.1 cm³/mol. The predicted octanol–water partition coefficient (Wildman–Crippen LogP) is 1.16. The fourth-order valence-corrected chi connectivity index (χ4v) is 3.16. The molecule has 0 aromatic heterocycles. The molecule has 0 aliphatic heterocycles. The van der Waals surface area contributed by atoms with Gasteiger partial charge in [-0.1, -0.05) is 6.92 Å². The molecule has 7 heteroatoms. The number of carbonyl (C=O) groups is 1. The maximum absolute atomic E-state index is 12.3. The van der Waals surface area contributed by atoms with Gasteiger partial charge in [-0.2, -0.15) is 0 Å². The van der Waals surface area contributed by atoms with Crippen molar-refractivity contribution in [1.82, 2.24) is 4.72 Å². The number of sulfonamides is 1. The smallest absolute Gasteiger partial charge is 0.267 e. The molecule has 1 aromatic rings. The molecule has 20 heavy (non-hydrogen) atoms. The first-order valence-electron chi connectivity index (χ1n) is 6.17. The van der Waals surface area contributed by atoms with Crippen molar-refractivity contribution in [2.45, 2.75) is 18.2 Å². The lowest BCUT2D eigenvalue weighted by atomic mass is 10.3. The molecule has 1 aromatic carbocycles. The summed E-state index contributed by atoms with van der Waals surface area (Å²) in [7, 11) is -1.17. The molecule has 2 atom stereocenters. The maximum Gasteiger partial charge on any atom is 0.267 e. The molecule has 0 bridgehead atoms. The number of ether oxygens (including phenoxy) is 2. The molecule has 0 unspecified atom stereocenters. The molecule has 0 radical (unpaired) electrons. The van der Waals surface area contributed by atoms with Crippen LogP contribution >= 0.6 is 0 Å². The fraction of sp³-hybridized carbons (Fsp3) is 0.462. The Labute approximate surface area is 118 Å². The first kappa shape index (κ1) is 14.6. The number of amides is 1. The third-order valence-electron chi connectivity index (χ3n) is 3.34. The number of nitrogens with one attached hydrogen (secondary N) is 1. The fourth-order valence-electron chi connectivity index (χ4n) is 1.94. The van der Waals surface area contributed by atoms with Crippen molar-refractivity contribution in [3.8, 4) is 11.5 Å². The lowest BCUT2D eigenvalue weighted by Crippen LogP contribution is -2.32. The second-order valence-electron chi connectivity index (χ2n) is 4.81. The molecule has 0 saturated heterocycles. The average Bonchev–Trinajstić information content (AvgIpc) is 3.14. The lowest BCUT2D eigenvalue weighted by molar-refractivity contribution is -0.120. The number of carbonyl (C=O) groups excluding carboxylic acids is 1. The van der Waals surface area contributed by atoms with Crippen LogP contribution in [0.2, 0.25) is 0 Å². The largest absolute Gasteiger partial charge is 0.497 e. The minimum absolute atomic E-state index is 0.110. The first-order valence-corrected chi connectivity index (χ1v) is 7.66. The molecule has 1 saturated carbocycles. The Bertz CT molecular complexity index is 626. The molecular formula is C13H17NO5S.